The molecule has 1 fully saturated rings. The maximum Gasteiger partial charge on any atom is 0.0703 e. The highest BCUT2D eigenvalue weighted by molar-refractivity contribution is 5.15. The van der Waals surface area contributed by atoms with Crippen molar-refractivity contribution in [1.82, 2.24) is 0 Å². The second-order valence-corrected chi connectivity index (χ2v) is 4.79. The lowest BCUT2D eigenvalue weighted by atomic mass is 9.75. The van der Waals surface area contributed by atoms with Gasteiger partial charge in [0.2, 0.25) is 0 Å². The molecule has 1 atom stereocenters. The summed E-state index contributed by atoms with van der Waals surface area (Å²) in [7, 11) is 1.76. The number of aliphatic hydroxyl groups is 1. The summed E-state index contributed by atoms with van der Waals surface area (Å²) < 4.78 is 5.52. The average Bonchev–Trinajstić information content (AvgIpc) is 2.25. The lowest BCUT2D eigenvalue weighted by Gasteiger charge is -2.41. The van der Waals surface area contributed by atoms with E-state index in [4.69, 9.17) is 4.74 Å². The number of aliphatic hydroxyl groups excluding tert-OH is 1. The van der Waals surface area contributed by atoms with Gasteiger partial charge in [0, 0.05) is 13.5 Å². The normalized spacial score (nSPS) is 20.1. The van der Waals surface area contributed by atoms with E-state index in [0.29, 0.717) is 0 Å². The summed E-state index contributed by atoms with van der Waals surface area (Å²) >= 11 is 0. The van der Waals surface area contributed by atoms with Crippen LogP contribution in [0.25, 0.3) is 0 Å². The molecule has 0 heterocycles. The van der Waals surface area contributed by atoms with Gasteiger partial charge in [-0.2, -0.15) is 0 Å². The molecule has 16 heavy (non-hydrogen) atoms. The highest BCUT2D eigenvalue weighted by Gasteiger charge is 2.38. The van der Waals surface area contributed by atoms with Crippen molar-refractivity contribution in [3.8, 4) is 0 Å². The van der Waals surface area contributed by atoms with E-state index in [9.17, 15) is 5.11 Å². The van der Waals surface area contributed by atoms with Crippen molar-refractivity contribution in [2.45, 2.75) is 43.8 Å². The Morgan fingerprint density at radius 3 is 2.50 bits per heavy atom. The van der Waals surface area contributed by atoms with Gasteiger partial charge in [-0.25, -0.2) is 0 Å². The Morgan fingerprint density at radius 2 is 2.00 bits per heavy atom. The molecule has 0 aromatic heterocycles. The van der Waals surface area contributed by atoms with Crippen LogP contribution in [0.4, 0.5) is 0 Å². The second kappa shape index (κ2) is 4.98. The number of hydrogen-bond donors (Lipinski definition) is 1. The Kier molecular flexibility index (Phi) is 3.62. The smallest absolute Gasteiger partial charge is 0.0703 e. The molecule has 1 saturated carbocycles. The first-order valence-corrected chi connectivity index (χ1v) is 6.01. The van der Waals surface area contributed by atoms with Crippen LogP contribution in [0.1, 0.15) is 31.2 Å². The molecule has 0 aliphatic heterocycles. The van der Waals surface area contributed by atoms with Crippen LogP contribution in [-0.4, -0.2) is 23.9 Å². The average molecular weight is 220 g/mol. The molecule has 0 saturated heterocycles. The first-order chi connectivity index (χ1) is 7.74. The molecule has 1 aliphatic carbocycles. The van der Waals surface area contributed by atoms with E-state index in [1.165, 1.54) is 12.0 Å². The largest absolute Gasteiger partial charge is 0.393 e. The van der Waals surface area contributed by atoms with Crippen LogP contribution in [0.5, 0.6) is 0 Å². The van der Waals surface area contributed by atoms with E-state index in [1.807, 2.05) is 18.2 Å². The fraction of sp³-hybridized carbons (Fsp3) is 0.571. The van der Waals surface area contributed by atoms with Crippen molar-refractivity contribution >= 4 is 0 Å². The van der Waals surface area contributed by atoms with Gasteiger partial charge < -0.3 is 9.84 Å². The Bertz CT molecular complexity index is 311. The molecule has 2 rings (SSSR count). The van der Waals surface area contributed by atoms with Gasteiger partial charge in [0.1, 0.15) is 0 Å². The number of benzene rings is 1. The van der Waals surface area contributed by atoms with Gasteiger partial charge >= 0.3 is 0 Å². The van der Waals surface area contributed by atoms with E-state index in [0.717, 1.165) is 25.7 Å². The predicted molar refractivity (Wildman–Crippen MR) is 64.4 cm³/mol. The van der Waals surface area contributed by atoms with Gasteiger partial charge in [-0.1, -0.05) is 30.3 Å². The molecular weight excluding hydrogens is 200 g/mol. The minimum atomic E-state index is -0.289. The maximum atomic E-state index is 10.1. The second-order valence-electron chi connectivity index (χ2n) is 4.79. The van der Waals surface area contributed by atoms with Crippen LogP contribution in [0.2, 0.25) is 0 Å². The van der Waals surface area contributed by atoms with Crippen molar-refractivity contribution in [3.05, 3.63) is 35.9 Å². The minimum Gasteiger partial charge on any atom is -0.393 e. The number of rotatable bonds is 5. The molecule has 0 radical (unpaired) electrons. The maximum absolute atomic E-state index is 10.1. The zero-order chi connectivity index (χ0) is 11.4. The van der Waals surface area contributed by atoms with Crippen LogP contribution < -0.4 is 0 Å². The first kappa shape index (κ1) is 11.6. The molecule has 1 N–H and O–H groups in total. The van der Waals surface area contributed by atoms with Crippen LogP contribution in [0.15, 0.2) is 30.3 Å². The fourth-order valence-electron chi connectivity index (χ4n) is 2.45. The molecule has 0 spiro atoms. The molecule has 0 bridgehead atoms. The van der Waals surface area contributed by atoms with Gasteiger partial charge in [-0.3, -0.25) is 0 Å². The molecular formula is C14H20O2. The van der Waals surface area contributed by atoms with Crippen LogP contribution in [-0.2, 0) is 11.2 Å². The third kappa shape index (κ3) is 2.63. The van der Waals surface area contributed by atoms with Crippen LogP contribution >= 0.6 is 0 Å². The third-order valence-corrected chi connectivity index (χ3v) is 3.62. The van der Waals surface area contributed by atoms with Crippen molar-refractivity contribution < 1.29 is 9.84 Å². The van der Waals surface area contributed by atoms with Crippen molar-refractivity contribution in [2.75, 3.05) is 7.11 Å². The summed E-state index contributed by atoms with van der Waals surface area (Å²) in [6.07, 6.45) is 4.61. The monoisotopic (exact) mass is 220 g/mol. The Hall–Kier alpha value is -0.860. The Labute approximate surface area is 97.3 Å². The zero-order valence-corrected chi connectivity index (χ0v) is 9.86. The van der Waals surface area contributed by atoms with Gasteiger partial charge in [0.25, 0.3) is 0 Å². The van der Waals surface area contributed by atoms with E-state index in [2.05, 4.69) is 12.1 Å². The van der Waals surface area contributed by atoms with Crippen molar-refractivity contribution in [1.29, 1.82) is 0 Å². The highest BCUT2D eigenvalue weighted by atomic mass is 16.5. The molecule has 1 aromatic rings. The van der Waals surface area contributed by atoms with E-state index >= 15 is 0 Å². The first-order valence-electron chi connectivity index (χ1n) is 6.01. The third-order valence-electron chi connectivity index (χ3n) is 3.62. The van der Waals surface area contributed by atoms with Gasteiger partial charge in [-0.05, 0) is 31.2 Å². The minimum absolute atomic E-state index is 0.0335. The Balaban J connectivity index is 1.87. The van der Waals surface area contributed by atoms with E-state index in [1.54, 1.807) is 7.11 Å². The molecule has 2 heteroatoms. The molecule has 1 aromatic carbocycles. The number of ether oxygens (including phenoxy) is 1. The molecule has 1 aliphatic rings. The highest BCUT2D eigenvalue weighted by Crippen LogP contribution is 2.39. The molecule has 0 amide bonds. The Morgan fingerprint density at radius 1 is 1.31 bits per heavy atom. The van der Waals surface area contributed by atoms with Gasteiger partial charge in [0.05, 0.1) is 11.7 Å². The molecule has 1 unspecified atom stereocenters. The molecule has 88 valence electrons. The SMILES string of the molecule is COC1(CC(O)Cc2ccccc2)CCC1. The van der Waals surface area contributed by atoms with Crippen molar-refractivity contribution in [3.63, 3.8) is 0 Å². The topological polar surface area (TPSA) is 29.5 Å². The lowest BCUT2D eigenvalue weighted by molar-refractivity contribution is -0.0989. The number of hydrogen-bond acceptors (Lipinski definition) is 2. The van der Waals surface area contributed by atoms with Crippen molar-refractivity contribution in [2.24, 2.45) is 0 Å². The van der Waals surface area contributed by atoms with E-state index in [-0.39, 0.29) is 11.7 Å². The van der Waals surface area contributed by atoms with Crippen LogP contribution in [0.3, 0.4) is 0 Å². The number of methoxy groups -OCH3 is 1. The van der Waals surface area contributed by atoms with Gasteiger partial charge in [0.15, 0.2) is 0 Å². The van der Waals surface area contributed by atoms with Gasteiger partial charge in [-0.15, -0.1) is 0 Å². The fourth-order valence-corrected chi connectivity index (χ4v) is 2.45. The quantitative estimate of drug-likeness (QED) is 0.826. The summed E-state index contributed by atoms with van der Waals surface area (Å²) in [5.41, 5.74) is 1.16. The predicted octanol–water partition coefficient (Wildman–Crippen LogP) is 2.55. The summed E-state index contributed by atoms with van der Waals surface area (Å²) in [5.74, 6) is 0. The van der Waals surface area contributed by atoms with Crippen LogP contribution in [0, 0.1) is 0 Å². The summed E-state index contributed by atoms with van der Waals surface area (Å²) in [6.45, 7) is 0. The zero-order valence-electron chi connectivity index (χ0n) is 9.86. The summed E-state index contributed by atoms with van der Waals surface area (Å²) in [6, 6.07) is 10.1. The lowest BCUT2D eigenvalue weighted by Crippen LogP contribution is -2.42. The summed E-state index contributed by atoms with van der Waals surface area (Å²) in [4.78, 5) is 0. The summed E-state index contributed by atoms with van der Waals surface area (Å²) in [5, 5.41) is 10.1. The molecule has 2 nitrogen and oxygen atoms in total. The standard InChI is InChI=1S/C14H20O2/c1-16-14(8-5-9-14)11-13(15)10-12-6-3-2-4-7-12/h2-4,6-7,13,15H,5,8-11H2,1H3. The van der Waals surface area contributed by atoms with E-state index < -0.39 is 0 Å².